The van der Waals surface area contributed by atoms with Gasteiger partial charge in [-0.3, -0.25) is 9.13 Å². The molecule has 0 rings (SSSR count). The molecule has 106 valence electrons. The molecule has 4 N–H and O–H groups in total. The maximum Gasteiger partial charge on any atom is 0.325 e. The smallest absolute Gasteiger partial charge is 0.324 e. The highest BCUT2D eigenvalue weighted by Gasteiger charge is 2.10. The van der Waals surface area contributed by atoms with Crippen LogP contribution in [0.25, 0.3) is 0 Å². The van der Waals surface area contributed by atoms with Crippen molar-refractivity contribution in [3.8, 4) is 0 Å². The van der Waals surface area contributed by atoms with Crippen LogP contribution in [0.2, 0.25) is 0 Å². The molecule has 0 aromatic carbocycles. The lowest BCUT2D eigenvalue weighted by atomic mass is 10.4. The summed E-state index contributed by atoms with van der Waals surface area (Å²) in [6, 6.07) is 0. The largest absolute Gasteiger partial charge is 0.325 e. The van der Waals surface area contributed by atoms with Crippen molar-refractivity contribution in [1.82, 2.24) is 0 Å². The highest BCUT2D eigenvalue weighted by Crippen LogP contribution is 2.35. The van der Waals surface area contributed by atoms with Gasteiger partial charge in [0.15, 0.2) is 17.4 Å². The summed E-state index contributed by atoms with van der Waals surface area (Å²) in [5.74, 6) is 0. The van der Waals surface area contributed by atoms with Crippen LogP contribution in [0.3, 0.4) is 0 Å². The van der Waals surface area contributed by atoms with Gasteiger partial charge in [-0.25, -0.2) is 0 Å². The Morgan fingerprint density at radius 3 is 1.06 bits per heavy atom. The van der Waals surface area contributed by atoms with E-state index in [0.29, 0.717) is 12.8 Å². The van der Waals surface area contributed by atoms with E-state index < -0.39 is 15.2 Å². The van der Waals surface area contributed by atoms with E-state index in [1.165, 1.54) is 0 Å². The molecule has 6 nitrogen and oxygen atoms in total. The molecular weight excluding hydrogens is 281 g/mol. The van der Waals surface area contributed by atoms with Gasteiger partial charge in [-0.15, -0.1) is 0 Å². The van der Waals surface area contributed by atoms with Crippen LogP contribution in [-0.2, 0) is 9.13 Å². The molecule has 0 saturated carbocycles. The lowest BCUT2D eigenvalue weighted by Gasteiger charge is -1.98. The van der Waals surface area contributed by atoms with Crippen LogP contribution < -0.4 is 0 Å². The average Bonchev–Trinajstić information content (AvgIpc) is 2.10. The van der Waals surface area contributed by atoms with Crippen LogP contribution in [-0.4, -0.2) is 49.3 Å². The molecule has 0 atom stereocenters. The third-order valence-electron chi connectivity index (χ3n) is 1.61. The molecule has 0 aliphatic heterocycles. The molecule has 0 aromatic rings. The predicted octanol–water partition coefficient (Wildman–Crippen LogP) is 0.744. The second-order valence-corrected chi connectivity index (χ2v) is 7.04. The number of unbranched alkanes of at least 4 members (excludes halogenated alkanes) is 2. The van der Waals surface area contributed by atoms with Crippen molar-refractivity contribution in [2.45, 2.75) is 39.5 Å². The van der Waals surface area contributed by atoms with E-state index in [1.54, 1.807) is 0 Å². The second kappa shape index (κ2) is 11.9. The summed E-state index contributed by atoms with van der Waals surface area (Å²) in [5.41, 5.74) is 0. The molecule has 0 spiro atoms. The van der Waals surface area contributed by atoms with E-state index in [9.17, 15) is 9.13 Å². The molecule has 0 radical (unpaired) electrons. The first kappa shape index (κ1) is 23.0. The Labute approximate surface area is 113 Å². The van der Waals surface area contributed by atoms with Crippen LogP contribution in [0.1, 0.15) is 39.5 Å². The van der Waals surface area contributed by atoms with E-state index in [4.69, 9.17) is 19.6 Å². The molecule has 0 saturated heterocycles. The number of hydrogen-bond acceptors (Lipinski definition) is 2. The standard InChI is InChI=1S/2C4H11O3P.Al.3H/c2*1-2-3-4-8(5,6)7;;;;/h2*2-4H2,1H3,(H2,5,6,7);;;;. The van der Waals surface area contributed by atoms with Crippen molar-refractivity contribution in [1.29, 1.82) is 0 Å². The van der Waals surface area contributed by atoms with Crippen molar-refractivity contribution in [2.24, 2.45) is 0 Å². The first-order valence-electron chi connectivity index (χ1n) is 5.21. The third-order valence-corrected chi connectivity index (χ3v) is 3.40. The summed E-state index contributed by atoms with van der Waals surface area (Å²) in [4.78, 5) is 33.0. The zero-order valence-electron chi connectivity index (χ0n) is 9.74. The normalized spacial score (nSPS) is 11.2. The topological polar surface area (TPSA) is 115 Å². The van der Waals surface area contributed by atoms with Gasteiger partial charge in [-0.2, -0.15) is 0 Å². The Balaban J connectivity index is -0.000000218. The zero-order chi connectivity index (χ0) is 13.2. The highest BCUT2D eigenvalue weighted by atomic mass is 31.2. The van der Waals surface area contributed by atoms with E-state index in [1.807, 2.05) is 13.8 Å². The molecule has 0 aromatic heterocycles. The van der Waals surface area contributed by atoms with Gasteiger partial charge in [0.25, 0.3) is 0 Å². The quantitative estimate of drug-likeness (QED) is 0.425. The van der Waals surface area contributed by atoms with E-state index in [-0.39, 0.29) is 29.7 Å². The maximum atomic E-state index is 10.1. The van der Waals surface area contributed by atoms with Gasteiger partial charge in [-0.05, 0) is 12.8 Å². The van der Waals surface area contributed by atoms with Crippen LogP contribution in [0, 0.1) is 0 Å². The summed E-state index contributed by atoms with van der Waals surface area (Å²) < 4.78 is 20.2. The van der Waals surface area contributed by atoms with Gasteiger partial charge in [-0.1, -0.05) is 26.7 Å². The molecule has 0 unspecified atom stereocenters. The van der Waals surface area contributed by atoms with E-state index >= 15 is 0 Å². The van der Waals surface area contributed by atoms with Crippen LogP contribution in [0.5, 0.6) is 0 Å². The fourth-order valence-electron chi connectivity index (χ4n) is 0.728. The summed E-state index contributed by atoms with van der Waals surface area (Å²) in [7, 11) is -7.36. The molecule has 0 aliphatic carbocycles. The minimum Gasteiger partial charge on any atom is -0.324 e. The first-order chi connectivity index (χ1) is 7.12. The number of rotatable bonds is 6. The molecule has 0 amide bonds. The fraction of sp³-hybridized carbons (Fsp3) is 1.00. The molecule has 0 bridgehead atoms. The van der Waals surface area contributed by atoms with Crippen molar-refractivity contribution in [3.05, 3.63) is 0 Å². The Bertz CT molecular complexity index is 222. The van der Waals surface area contributed by atoms with E-state index in [2.05, 4.69) is 0 Å². The molecule has 0 heterocycles. The minimum absolute atomic E-state index is 0. The Morgan fingerprint density at radius 2 is 1.00 bits per heavy atom. The summed E-state index contributed by atoms with van der Waals surface area (Å²) >= 11 is 0. The van der Waals surface area contributed by atoms with Crippen molar-refractivity contribution < 1.29 is 28.7 Å². The number of hydrogen-bond donors (Lipinski definition) is 4. The SMILES string of the molecule is CCCCP(=O)(O)O.CCCCP(=O)(O)O.[AlH3]. The van der Waals surface area contributed by atoms with Gasteiger partial charge in [0, 0.05) is 12.3 Å². The van der Waals surface area contributed by atoms with Crippen molar-refractivity contribution in [2.75, 3.05) is 12.3 Å². The minimum atomic E-state index is -3.68. The van der Waals surface area contributed by atoms with Gasteiger partial charge < -0.3 is 19.6 Å². The predicted molar refractivity (Wildman–Crippen MR) is 73.6 cm³/mol. The molecule has 17 heavy (non-hydrogen) atoms. The van der Waals surface area contributed by atoms with Gasteiger partial charge in [0.05, 0.1) is 0 Å². The van der Waals surface area contributed by atoms with Crippen molar-refractivity contribution >= 4 is 32.6 Å². The van der Waals surface area contributed by atoms with Crippen molar-refractivity contribution in [3.63, 3.8) is 0 Å². The summed E-state index contributed by atoms with van der Waals surface area (Å²) in [5, 5.41) is 0. The Morgan fingerprint density at radius 1 is 0.765 bits per heavy atom. The second-order valence-electron chi connectivity index (χ2n) is 3.48. The third kappa shape index (κ3) is 31.6. The first-order valence-corrected chi connectivity index (χ1v) is 8.81. The molecule has 0 aliphatic rings. The van der Waals surface area contributed by atoms with Gasteiger partial charge >= 0.3 is 15.2 Å². The summed E-state index contributed by atoms with van der Waals surface area (Å²) in [6.45, 7) is 3.80. The average molecular weight is 306 g/mol. The summed E-state index contributed by atoms with van der Waals surface area (Å²) in [6.07, 6.45) is 2.97. The molecule has 0 fully saturated rings. The molecular formula is C8H25AlO6P2. The molecule has 9 heteroatoms. The van der Waals surface area contributed by atoms with Gasteiger partial charge in [0.2, 0.25) is 0 Å². The lowest BCUT2D eigenvalue weighted by Crippen LogP contribution is -1.84. The Kier molecular flexibility index (Phi) is 16.1. The Hall–Kier alpha value is 0.832. The van der Waals surface area contributed by atoms with Crippen LogP contribution in [0.4, 0.5) is 0 Å². The van der Waals surface area contributed by atoms with Crippen LogP contribution >= 0.6 is 15.2 Å². The van der Waals surface area contributed by atoms with Gasteiger partial charge in [0.1, 0.15) is 0 Å². The maximum absolute atomic E-state index is 10.1. The van der Waals surface area contributed by atoms with E-state index in [0.717, 1.165) is 12.8 Å². The zero-order valence-corrected chi connectivity index (χ0v) is 11.5. The monoisotopic (exact) mass is 306 g/mol. The highest BCUT2D eigenvalue weighted by molar-refractivity contribution is 7.52. The van der Waals surface area contributed by atoms with Crippen LogP contribution in [0.15, 0.2) is 0 Å². The fourth-order valence-corrected chi connectivity index (χ4v) is 2.18. The lowest BCUT2D eigenvalue weighted by molar-refractivity contribution is 0.369.